The van der Waals surface area contributed by atoms with Gasteiger partial charge in [0.2, 0.25) is 0 Å². The molecule has 0 aromatic carbocycles. The Morgan fingerprint density at radius 2 is 0.789 bits per heavy atom. The van der Waals surface area contributed by atoms with Crippen molar-refractivity contribution in [3.05, 3.63) is 0 Å². The SMILES string of the molecule is CC(C)C(=O)C12C3C4C5C3C1C5C42.CC(C)C(=O)C12CC(C1)C2.CC(C)C(=O)C12CC3CC(CC(C3)C1)C2. The second kappa shape index (κ2) is 7.44. The molecule has 38 heavy (non-hydrogen) atoms. The molecule has 0 atom stereocenters. The second-order valence-corrected chi connectivity index (χ2v) is 17.3. The van der Waals surface area contributed by atoms with Crippen LogP contribution in [-0.4, -0.2) is 17.3 Å². The minimum absolute atomic E-state index is 0.142. The molecule has 0 aromatic rings. The van der Waals surface area contributed by atoms with Crippen molar-refractivity contribution in [1.82, 2.24) is 0 Å². The predicted molar refractivity (Wildman–Crippen MR) is 147 cm³/mol. The molecule has 13 saturated carbocycles. The summed E-state index contributed by atoms with van der Waals surface area (Å²) < 4.78 is 0. The summed E-state index contributed by atoms with van der Waals surface area (Å²) in [7, 11) is 0. The number of hydrogen-bond donors (Lipinski definition) is 0. The summed E-state index contributed by atoms with van der Waals surface area (Å²) in [5, 5.41) is 0. The summed E-state index contributed by atoms with van der Waals surface area (Å²) in [6.45, 7) is 12.4. The highest BCUT2D eigenvalue weighted by atomic mass is 16.1. The highest BCUT2D eigenvalue weighted by Crippen LogP contribution is 3.06. The fourth-order valence-corrected chi connectivity index (χ4v) is 13.8. The van der Waals surface area contributed by atoms with E-state index in [0.717, 1.165) is 65.1 Å². The van der Waals surface area contributed by atoms with Crippen molar-refractivity contribution >= 4 is 17.3 Å². The van der Waals surface area contributed by atoms with Crippen LogP contribution in [0.25, 0.3) is 0 Å². The molecule has 13 fully saturated rings. The van der Waals surface area contributed by atoms with Gasteiger partial charge in [0, 0.05) is 34.0 Å². The van der Waals surface area contributed by atoms with Crippen molar-refractivity contribution in [2.45, 2.75) is 99.3 Å². The third-order valence-corrected chi connectivity index (χ3v) is 14.6. The molecule has 0 unspecified atom stereocenters. The molecule has 6 bridgehead atoms. The maximum absolute atomic E-state index is 12.4. The van der Waals surface area contributed by atoms with Crippen LogP contribution >= 0.6 is 0 Å². The fourth-order valence-electron chi connectivity index (χ4n) is 13.8. The fraction of sp³-hybridized carbons (Fsp3) is 0.914. The normalized spacial score (nSPS) is 56.3. The van der Waals surface area contributed by atoms with Gasteiger partial charge in [-0.1, -0.05) is 41.5 Å². The van der Waals surface area contributed by atoms with Crippen LogP contribution in [-0.2, 0) is 14.4 Å². The zero-order valence-corrected chi connectivity index (χ0v) is 24.7. The van der Waals surface area contributed by atoms with Gasteiger partial charge in [-0.05, 0) is 123 Å². The Bertz CT molecular complexity index is 1010. The van der Waals surface area contributed by atoms with Gasteiger partial charge in [0.1, 0.15) is 17.3 Å². The van der Waals surface area contributed by atoms with Crippen LogP contribution in [0.2, 0.25) is 0 Å². The quantitative estimate of drug-likeness (QED) is 0.380. The maximum Gasteiger partial charge on any atom is 0.142 e. The lowest BCUT2D eigenvalue weighted by molar-refractivity contribution is -0.596. The highest BCUT2D eigenvalue weighted by molar-refractivity contribution is 5.94. The van der Waals surface area contributed by atoms with Crippen molar-refractivity contribution in [2.24, 2.45) is 99.1 Å². The molecule has 13 aliphatic carbocycles. The number of rotatable bonds is 6. The first kappa shape index (κ1) is 24.8. The van der Waals surface area contributed by atoms with Crippen LogP contribution in [0, 0.1) is 99.1 Å². The van der Waals surface area contributed by atoms with E-state index in [1.807, 2.05) is 13.8 Å². The molecular weight excluding hydrogens is 468 g/mol. The van der Waals surface area contributed by atoms with E-state index in [4.69, 9.17) is 0 Å². The monoisotopic (exact) mass is 518 g/mol. The Morgan fingerprint density at radius 1 is 0.474 bits per heavy atom. The summed E-state index contributed by atoms with van der Waals surface area (Å²) in [4.78, 5) is 36.0. The molecule has 0 spiro atoms. The van der Waals surface area contributed by atoms with Crippen molar-refractivity contribution in [1.29, 1.82) is 0 Å². The third kappa shape index (κ3) is 2.59. The van der Waals surface area contributed by atoms with E-state index in [2.05, 4.69) is 27.7 Å². The molecular formula is C35H50O3. The molecule has 3 nitrogen and oxygen atoms in total. The van der Waals surface area contributed by atoms with E-state index < -0.39 is 0 Å². The minimum atomic E-state index is 0.142. The van der Waals surface area contributed by atoms with Crippen LogP contribution in [0.15, 0.2) is 0 Å². The topological polar surface area (TPSA) is 51.2 Å². The van der Waals surface area contributed by atoms with Crippen molar-refractivity contribution in [3.63, 3.8) is 0 Å². The van der Waals surface area contributed by atoms with Gasteiger partial charge >= 0.3 is 0 Å². The Hall–Kier alpha value is -0.990. The van der Waals surface area contributed by atoms with E-state index in [9.17, 15) is 14.4 Å². The van der Waals surface area contributed by atoms with Crippen molar-refractivity contribution < 1.29 is 14.4 Å². The molecule has 13 aliphatic rings. The van der Waals surface area contributed by atoms with Crippen molar-refractivity contribution in [2.75, 3.05) is 0 Å². The molecule has 0 saturated heterocycles. The Kier molecular flexibility index (Phi) is 4.85. The number of carbonyl (C=O) groups is 3. The smallest absolute Gasteiger partial charge is 0.142 e. The lowest BCUT2D eigenvalue weighted by atomic mass is 8.96. The van der Waals surface area contributed by atoms with Gasteiger partial charge in [-0.2, -0.15) is 0 Å². The van der Waals surface area contributed by atoms with Crippen LogP contribution in [0.1, 0.15) is 99.3 Å². The first-order valence-electron chi connectivity index (χ1n) is 16.6. The number of hydrogen-bond acceptors (Lipinski definition) is 3. The van der Waals surface area contributed by atoms with Crippen LogP contribution in [0.3, 0.4) is 0 Å². The molecule has 0 aromatic heterocycles. The van der Waals surface area contributed by atoms with Crippen molar-refractivity contribution in [3.8, 4) is 0 Å². The molecule has 0 amide bonds. The summed E-state index contributed by atoms with van der Waals surface area (Å²) >= 11 is 0. The number of ketones is 3. The van der Waals surface area contributed by atoms with Crippen LogP contribution in [0.5, 0.6) is 0 Å². The van der Waals surface area contributed by atoms with Gasteiger partial charge in [-0.25, -0.2) is 0 Å². The van der Waals surface area contributed by atoms with E-state index in [1.54, 1.807) is 0 Å². The van der Waals surface area contributed by atoms with E-state index in [1.165, 1.54) is 57.8 Å². The highest BCUT2D eigenvalue weighted by Gasteiger charge is 3.05. The summed E-state index contributed by atoms with van der Waals surface area (Å²) in [6, 6.07) is 0. The molecule has 13 rings (SSSR count). The van der Waals surface area contributed by atoms with E-state index in [0.29, 0.717) is 28.7 Å². The zero-order valence-electron chi connectivity index (χ0n) is 24.7. The first-order valence-corrected chi connectivity index (χ1v) is 16.6. The molecule has 0 N–H and O–H groups in total. The predicted octanol–water partition coefficient (Wildman–Crippen LogP) is 7.02. The average molecular weight is 519 g/mol. The average Bonchev–Trinajstić information content (AvgIpc) is 2.81. The van der Waals surface area contributed by atoms with Gasteiger partial charge in [0.05, 0.1) is 0 Å². The Morgan fingerprint density at radius 3 is 1.05 bits per heavy atom. The molecule has 3 heteroatoms. The van der Waals surface area contributed by atoms with Crippen LogP contribution in [0.4, 0.5) is 0 Å². The molecule has 0 heterocycles. The van der Waals surface area contributed by atoms with Gasteiger partial charge in [-0.15, -0.1) is 0 Å². The molecule has 0 aliphatic heterocycles. The largest absolute Gasteiger partial charge is 0.299 e. The summed E-state index contributed by atoms with van der Waals surface area (Å²) in [6.07, 6.45) is 11.6. The standard InChI is InChI=1S/C14H22O.C12H14O.C9H14O/c1-9(2)13(15)14-6-10-3-11(7-14)5-12(4-10)8-14;1-3(2)11(13)12-8-5-4-6(8)10(12)7(4)9(5)12;1-6(2)8(10)9-3-7(4-9)5-9/h9-12H,3-8H2,1-2H3;3-10H,1-2H3;6-7H,3-5H2,1-2H3. The number of Topliss-reactive ketones (excluding diaryl/α,β-unsaturated/α-hetero) is 3. The van der Waals surface area contributed by atoms with Gasteiger partial charge in [-0.3, -0.25) is 14.4 Å². The lowest BCUT2D eigenvalue weighted by Crippen LogP contribution is -3.06. The summed E-state index contributed by atoms with van der Waals surface area (Å²) in [5.74, 6) is 13.2. The van der Waals surface area contributed by atoms with E-state index in [-0.39, 0.29) is 22.7 Å². The number of carbonyl (C=O) groups excluding carboxylic acids is 3. The Balaban J connectivity index is 0.0000000906. The Labute approximate surface area is 230 Å². The van der Waals surface area contributed by atoms with Crippen LogP contribution < -0.4 is 0 Å². The van der Waals surface area contributed by atoms with Gasteiger partial charge in [0.25, 0.3) is 0 Å². The minimum Gasteiger partial charge on any atom is -0.299 e. The first-order chi connectivity index (χ1) is 17.9. The third-order valence-electron chi connectivity index (χ3n) is 14.6. The van der Waals surface area contributed by atoms with Gasteiger partial charge in [0.15, 0.2) is 0 Å². The molecule has 208 valence electrons. The molecule has 0 radical (unpaired) electrons. The second-order valence-electron chi connectivity index (χ2n) is 17.3. The summed E-state index contributed by atoms with van der Waals surface area (Å²) in [5.41, 5.74) is 0.657. The lowest BCUT2D eigenvalue weighted by Gasteiger charge is -3.07. The van der Waals surface area contributed by atoms with Gasteiger partial charge < -0.3 is 0 Å². The zero-order chi connectivity index (χ0) is 26.7. The maximum atomic E-state index is 12.4. The van der Waals surface area contributed by atoms with E-state index >= 15 is 0 Å².